The third-order valence-electron chi connectivity index (χ3n) is 4.20. The van der Waals surface area contributed by atoms with Gasteiger partial charge in [0.2, 0.25) is 0 Å². The lowest BCUT2D eigenvalue weighted by Crippen LogP contribution is -2.38. The van der Waals surface area contributed by atoms with Gasteiger partial charge < -0.3 is 23.8 Å². The van der Waals surface area contributed by atoms with Crippen LogP contribution in [0.15, 0.2) is 54.0 Å². The van der Waals surface area contributed by atoms with Crippen LogP contribution in [0.4, 0.5) is 10.1 Å². The predicted octanol–water partition coefficient (Wildman–Crippen LogP) is 2.19. The molecular formula is C20H19FN2O6. The summed E-state index contributed by atoms with van der Waals surface area (Å²) in [4.78, 5) is 29.6. The molecule has 0 aliphatic carbocycles. The second-order valence-corrected chi connectivity index (χ2v) is 5.97. The lowest BCUT2D eigenvalue weighted by molar-refractivity contribution is -0.140. The Bertz CT molecular complexity index is 932. The summed E-state index contributed by atoms with van der Waals surface area (Å²) in [6, 6.07) is 7.71. The minimum atomic E-state index is -0.757. The summed E-state index contributed by atoms with van der Waals surface area (Å²) in [5.41, 5.74) is 1.06. The van der Waals surface area contributed by atoms with Gasteiger partial charge in [0.25, 0.3) is 0 Å². The van der Waals surface area contributed by atoms with E-state index in [4.69, 9.17) is 18.9 Å². The van der Waals surface area contributed by atoms with E-state index in [1.165, 1.54) is 31.3 Å². The van der Waals surface area contributed by atoms with Gasteiger partial charge in [-0.1, -0.05) is 0 Å². The van der Waals surface area contributed by atoms with Crippen molar-refractivity contribution < 1.29 is 32.9 Å². The van der Waals surface area contributed by atoms with Gasteiger partial charge >= 0.3 is 11.9 Å². The second-order valence-electron chi connectivity index (χ2n) is 5.97. The summed E-state index contributed by atoms with van der Waals surface area (Å²) >= 11 is 0. The van der Waals surface area contributed by atoms with Crippen molar-refractivity contribution in [3.63, 3.8) is 0 Å². The van der Waals surface area contributed by atoms with Gasteiger partial charge in [0.05, 0.1) is 26.4 Å². The highest BCUT2D eigenvalue weighted by atomic mass is 19.1. The monoisotopic (exact) mass is 402 g/mol. The number of esters is 2. The van der Waals surface area contributed by atoms with E-state index in [0.29, 0.717) is 5.69 Å². The van der Waals surface area contributed by atoms with E-state index in [0.717, 1.165) is 5.56 Å². The fourth-order valence-corrected chi connectivity index (χ4v) is 2.76. The molecule has 0 radical (unpaired) electrons. The Kier molecular flexibility index (Phi) is 6.40. The highest BCUT2D eigenvalue weighted by Crippen LogP contribution is 2.30. The topological polar surface area (TPSA) is 87.2 Å². The lowest BCUT2D eigenvalue weighted by Gasteiger charge is -2.31. The molecule has 9 heteroatoms. The second kappa shape index (κ2) is 9.16. The van der Waals surface area contributed by atoms with E-state index < -0.39 is 17.8 Å². The molecule has 1 aromatic carbocycles. The number of hydrogen-bond acceptors (Lipinski definition) is 8. The normalized spacial score (nSPS) is 13.8. The molecule has 29 heavy (non-hydrogen) atoms. The van der Waals surface area contributed by atoms with Gasteiger partial charge in [0.1, 0.15) is 19.0 Å². The Hall–Kier alpha value is -3.46. The van der Waals surface area contributed by atoms with Gasteiger partial charge in [0.15, 0.2) is 11.6 Å². The van der Waals surface area contributed by atoms with E-state index in [-0.39, 0.29) is 37.0 Å². The number of methoxy groups -OCH3 is 2. The zero-order valence-corrected chi connectivity index (χ0v) is 15.9. The van der Waals surface area contributed by atoms with E-state index >= 15 is 0 Å². The van der Waals surface area contributed by atoms with Crippen LogP contribution in [0, 0.1) is 5.82 Å². The molecule has 8 nitrogen and oxygen atoms in total. The van der Waals surface area contributed by atoms with Crippen LogP contribution >= 0.6 is 0 Å². The van der Waals surface area contributed by atoms with Gasteiger partial charge in [0, 0.05) is 24.1 Å². The van der Waals surface area contributed by atoms with E-state index in [2.05, 4.69) is 4.98 Å². The fourth-order valence-electron chi connectivity index (χ4n) is 2.76. The van der Waals surface area contributed by atoms with E-state index in [1.807, 2.05) is 0 Å². The number of rotatable bonds is 6. The number of ether oxygens (including phenoxy) is 4. The number of halogens is 1. The number of benzene rings is 1. The molecule has 0 N–H and O–H groups in total. The number of anilines is 1. The van der Waals surface area contributed by atoms with Gasteiger partial charge in [-0.15, -0.1) is 0 Å². The van der Waals surface area contributed by atoms with Crippen LogP contribution in [-0.2, 0) is 30.4 Å². The van der Waals surface area contributed by atoms with Crippen LogP contribution in [0.3, 0.4) is 0 Å². The molecule has 0 spiro atoms. The molecule has 1 aliphatic heterocycles. The smallest absolute Gasteiger partial charge is 0.355 e. The predicted molar refractivity (Wildman–Crippen MR) is 99.3 cm³/mol. The zero-order chi connectivity index (χ0) is 20.8. The number of pyridine rings is 1. The number of hydrogen-bond donors (Lipinski definition) is 0. The minimum Gasteiger partial charge on any atom is -0.486 e. The molecule has 0 bridgehead atoms. The van der Waals surface area contributed by atoms with Crippen molar-refractivity contribution in [1.29, 1.82) is 0 Å². The number of nitrogens with zero attached hydrogens (tertiary/aromatic N) is 2. The Morgan fingerprint density at radius 1 is 1.14 bits per heavy atom. The molecule has 0 atom stereocenters. The van der Waals surface area contributed by atoms with Gasteiger partial charge in [-0.05, 0) is 29.8 Å². The molecule has 2 aromatic rings. The SMILES string of the molecule is COC(=O)C1=C(C(=O)OC)N(c2ccc(OCc3ccncc3)c(F)c2)COC1. The maximum atomic E-state index is 14.6. The molecule has 1 aliphatic rings. The van der Waals surface area contributed by atoms with Gasteiger partial charge in [-0.25, -0.2) is 14.0 Å². The van der Waals surface area contributed by atoms with Crippen LogP contribution in [0.2, 0.25) is 0 Å². The lowest BCUT2D eigenvalue weighted by atomic mass is 10.1. The quantitative estimate of drug-likeness (QED) is 0.680. The van der Waals surface area contributed by atoms with Crippen molar-refractivity contribution >= 4 is 17.6 Å². The third kappa shape index (κ3) is 4.52. The molecule has 152 valence electrons. The Balaban J connectivity index is 1.87. The van der Waals surface area contributed by atoms with Crippen molar-refractivity contribution in [3.05, 3.63) is 65.4 Å². The first kappa shape index (κ1) is 20.3. The van der Waals surface area contributed by atoms with Crippen molar-refractivity contribution in [1.82, 2.24) is 4.98 Å². The fraction of sp³-hybridized carbons (Fsp3) is 0.250. The van der Waals surface area contributed by atoms with Crippen molar-refractivity contribution in [2.75, 3.05) is 32.5 Å². The highest BCUT2D eigenvalue weighted by molar-refractivity contribution is 6.03. The number of aromatic nitrogens is 1. The summed E-state index contributed by atoms with van der Waals surface area (Å²) in [6.45, 7) is -0.0176. The van der Waals surface area contributed by atoms with E-state index in [9.17, 15) is 14.0 Å². The van der Waals surface area contributed by atoms with Gasteiger partial charge in [-0.3, -0.25) is 4.98 Å². The maximum absolute atomic E-state index is 14.6. The average Bonchev–Trinajstić information content (AvgIpc) is 2.77. The molecular weight excluding hydrogens is 383 g/mol. The minimum absolute atomic E-state index is 0.0102. The van der Waals surface area contributed by atoms with E-state index in [1.54, 1.807) is 30.6 Å². The highest BCUT2D eigenvalue weighted by Gasteiger charge is 2.32. The summed E-state index contributed by atoms with van der Waals surface area (Å²) in [7, 11) is 2.38. The first-order valence-corrected chi connectivity index (χ1v) is 8.61. The summed E-state index contributed by atoms with van der Waals surface area (Å²) in [5.74, 6) is -2.08. The van der Waals surface area contributed by atoms with Crippen molar-refractivity contribution in [2.24, 2.45) is 0 Å². The van der Waals surface area contributed by atoms with Crippen molar-refractivity contribution in [2.45, 2.75) is 6.61 Å². The average molecular weight is 402 g/mol. The molecule has 0 unspecified atom stereocenters. The van der Waals surface area contributed by atoms with Crippen molar-refractivity contribution in [3.8, 4) is 5.75 Å². The molecule has 0 fully saturated rings. The number of carbonyl (C=O) groups is 2. The zero-order valence-electron chi connectivity index (χ0n) is 15.9. The molecule has 3 rings (SSSR count). The van der Waals surface area contributed by atoms with Crippen LogP contribution in [0.5, 0.6) is 5.75 Å². The molecule has 0 amide bonds. The maximum Gasteiger partial charge on any atom is 0.355 e. The summed E-state index contributed by atoms with van der Waals surface area (Å²) in [6.07, 6.45) is 3.24. The van der Waals surface area contributed by atoms with Gasteiger partial charge in [-0.2, -0.15) is 0 Å². The van der Waals surface area contributed by atoms with Crippen LogP contribution in [0.25, 0.3) is 0 Å². The number of carbonyl (C=O) groups excluding carboxylic acids is 2. The molecule has 0 saturated carbocycles. The van der Waals surface area contributed by atoms with Crippen LogP contribution < -0.4 is 9.64 Å². The molecule has 1 aromatic heterocycles. The standard InChI is InChI=1S/C20H19FN2O6/c1-26-19(24)15-11-28-12-23(18(15)20(25)27-2)14-3-4-17(16(21)9-14)29-10-13-5-7-22-8-6-13/h3-9H,10-12H2,1-2H3. The summed E-state index contributed by atoms with van der Waals surface area (Å²) in [5, 5.41) is 0. The van der Waals surface area contributed by atoms with Crippen LogP contribution in [0.1, 0.15) is 5.56 Å². The Morgan fingerprint density at radius 3 is 2.52 bits per heavy atom. The first-order valence-electron chi connectivity index (χ1n) is 8.61. The first-order chi connectivity index (χ1) is 14.0. The Morgan fingerprint density at radius 2 is 1.86 bits per heavy atom. The summed E-state index contributed by atoms with van der Waals surface area (Å²) < 4.78 is 35.0. The largest absolute Gasteiger partial charge is 0.486 e. The third-order valence-corrected chi connectivity index (χ3v) is 4.20. The Labute approximate surface area is 166 Å². The van der Waals surface area contributed by atoms with Crippen LogP contribution in [-0.4, -0.2) is 44.5 Å². The molecule has 0 saturated heterocycles. The molecule has 2 heterocycles.